The number of fused-ring (bicyclic) bond motifs is 3. The van der Waals surface area contributed by atoms with Gasteiger partial charge >= 0.3 is 5.76 Å². The molecule has 2 aromatic carbocycles. The first-order valence-corrected chi connectivity index (χ1v) is 7.93. The number of benzene rings is 2. The normalized spacial score (nSPS) is 14.3. The predicted octanol–water partition coefficient (Wildman–Crippen LogP) is 3.64. The summed E-state index contributed by atoms with van der Waals surface area (Å²) >= 11 is 0. The zero-order valence-corrected chi connectivity index (χ0v) is 13.4. The van der Waals surface area contributed by atoms with E-state index in [0.717, 1.165) is 27.8 Å². The summed E-state index contributed by atoms with van der Waals surface area (Å²) in [6.07, 6.45) is 0.645. The molecule has 0 aliphatic carbocycles. The first-order valence-electron chi connectivity index (χ1n) is 7.93. The summed E-state index contributed by atoms with van der Waals surface area (Å²) in [5.41, 5.74) is 5.35. The summed E-state index contributed by atoms with van der Waals surface area (Å²) in [6, 6.07) is 13.5. The molecule has 1 aliphatic rings. The summed E-state index contributed by atoms with van der Waals surface area (Å²) in [7, 11) is 0. The highest BCUT2D eigenvalue weighted by atomic mass is 16.4. The van der Waals surface area contributed by atoms with Gasteiger partial charge < -0.3 is 8.83 Å². The van der Waals surface area contributed by atoms with Gasteiger partial charge in [-0.05, 0) is 36.8 Å². The molecule has 0 spiro atoms. The van der Waals surface area contributed by atoms with E-state index in [2.05, 4.69) is 15.2 Å². The van der Waals surface area contributed by atoms with Crippen LogP contribution in [0.3, 0.4) is 0 Å². The second kappa shape index (κ2) is 5.04. The molecule has 0 saturated carbocycles. The number of para-hydroxylation sites is 1. The summed E-state index contributed by atoms with van der Waals surface area (Å²) in [4.78, 5) is 14.2. The lowest BCUT2D eigenvalue weighted by molar-refractivity contribution is 0.555. The van der Waals surface area contributed by atoms with Crippen molar-refractivity contribution in [3.05, 3.63) is 69.9 Å². The molecule has 5 rings (SSSR count). The zero-order valence-electron chi connectivity index (χ0n) is 13.4. The minimum Gasteiger partial charge on any atom is -0.454 e. The van der Waals surface area contributed by atoms with Crippen molar-refractivity contribution in [2.75, 3.05) is 0 Å². The minimum atomic E-state index is -0.470. The molecule has 0 atom stereocenters. The van der Waals surface area contributed by atoms with Gasteiger partial charge in [-0.15, -0.1) is 5.10 Å². The summed E-state index contributed by atoms with van der Waals surface area (Å²) in [5, 5.41) is 9.71. The van der Waals surface area contributed by atoms with Crippen LogP contribution < -0.4 is 5.76 Å². The van der Waals surface area contributed by atoms with Crippen LogP contribution in [-0.4, -0.2) is 16.4 Å². The molecule has 0 saturated heterocycles. The van der Waals surface area contributed by atoms with Crippen LogP contribution in [0.4, 0.5) is 0 Å². The van der Waals surface area contributed by atoms with Gasteiger partial charge in [0.05, 0.1) is 5.52 Å². The van der Waals surface area contributed by atoms with Crippen molar-refractivity contribution < 1.29 is 8.83 Å². The lowest BCUT2D eigenvalue weighted by Gasteiger charge is -2.07. The second-order valence-corrected chi connectivity index (χ2v) is 6.13. The van der Waals surface area contributed by atoms with Crippen LogP contribution in [0.2, 0.25) is 0 Å². The molecular formula is C19H13N3O3. The van der Waals surface area contributed by atoms with Gasteiger partial charge in [0.2, 0.25) is 0 Å². The lowest BCUT2D eigenvalue weighted by Crippen LogP contribution is -2.06. The molecule has 6 nitrogen and oxygen atoms in total. The maximum atomic E-state index is 11.5. The smallest absolute Gasteiger partial charge is 0.417 e. The van der Waals surface area contributed by atoms with Crippen LogP contribution >= 0.6 is 0 Å². The molecule has 6 heteroatoms. The van der Waals surface area contributed by atoms with E-state index in [1.807, 2.05) is 49.4 Å². The van der Waals surface area contributed by atoms with Gasteiger partial charge in [-0.25, -0.2) is 4.79 Å². The van der Waals surface area contributed by atoms with Gasteiger partial charge in [0.25, 0.3) is 0 Å². The number of nitrogens with zero attached hydrogens (tertiary/aromatic N) is 2. The molecule has 0 amide bonds. The van der Waals surface area contributed by atoms with E-state index in [0.29, 0.717) is 29.0 Å². The van der Waals surface area contributed by atoms with E-state index in [9.17, 15) is 4.79 Å². The largest absolute Gasteiger partial charge is 0.454 e. The van der Waals surface area contributed by atoms with Crippen LogP contribution in [0.5, 0.6) is 0 Å². The van der Waals surface area contributed by atoms with E-state index >= 15 is 0 Å². The molecule has 4 aromatic rings. The number of oxazole rings is 1. The fourth-order valence-electron chi connectivity index (χ4n) is 3.19. The van der Waals surface area contributed by atoms with Crippen LogP contribution in [0.25, 0.3) is 22.1 Å². The highest BCUT2D eigenvalue weighted by Crippen LogP contribution is 2.27. The van der Waals surface area contributed by atoms with E-state index < -0.39 is 5.76 Å². The third-order valence-corrected chi connectivity index (χ3v) is 4.33. The monoisotopic (exact) mass is 331 g/mol. The number of rotatable bonds is 1. The predicted molar refractivity (Wildman–Crippen MR) is 95.5 cm³/mol. The molecule has 122 valence electrons. The quantitative estimate of drug-likeness (QED) is 0.578. The van der Waals surface area contributed by atoms with Gasteiger partial charge in [0.1, 0.15) is 11.3 Å². The molecule has 25 heavy (non-hydrogen) atoms. The number of hydrogen-bond donors (Lipinski definition) is 1. The summed E-state index contributed by atoms with van der Waals surface area (Å²) in [6.45, 7) is 1.93. The number of aromatic amines is 1. The number of nitrogens with one attached hydrogen (secondary N) is 1. The van der Waals surface area contributed by atoms with Gasteiger partial charge in [-0.1, -0.05) is 18.2 Å². The van der Waals surface area contributed by atoms with Crippen LogP contribution in [0.1, 0.15) is 23.8 Å². The fourth-order valence-corrected chi connectivity index (χ4v) is 3.19. The number of hydrogen-bond acceptors (Lipinski definition) is 5. The molecule has 0 radical (unpaired) electrons. The topological polar surface area (TPSA) is 83.9 Å². The fraction of sp³-hybridized carbons (Fsp3) is 0.105. The van der Waals surface area contributed by atoms with Crippen molar-refractivity contribution in [3.63, 3.8) is 0 Å². The van der Waals surface area contributed by atoms with Gasteiger partial charge in [-0.3, -0.25) is 4.98 Å². The standard InChI is InChI=1S/C19H13N3O3/c1-10-6-12-7-14-16(25-19(23)20-14)9-13(12)18(22-21-10)17-8-11-4-2-3-5-15(11)24-17/h2-5,7-9H,6H2,1H3,(H,20,23). The molecule has 3 heterocycles. The lowest BCUT2D eigenvalue weighted by atomic mass is 9.97. The van der Waals surface area contributed by atoms with Crippen LogP contribution in [0.15, 0.2) is 66.3 Å². The van der Waals surface area contributed by atoms with Gasteiger partial charge in [0.15, 0.2) is 11.3 Å². The molecule has 0 fully saturated rings. The third-order valence-electron chi connectivity index (χ3n) is 4.33. The van der Waals surface area contributed by atoms with Crippen molar-refractivity contribution >= 4 is 33.5 Å². The molecule has 0 bridgehead atoms. The Morgan fingerprint density at radius 3 is 2.80 bits per heavy atom. The van der Waals surface area contributed by atoms with E-state index in [1.165, 1.54) is 0 Å². The third kappa shape index (κ3) is 2.22. The van der Waals surface area contributed by atoms with Crippen molar-refractivity contribution in [1.82, 2.24) is 4.98 Å². The Hall–Kier alpha value is -3.41. The summed E-state index contributed by atoms with van der Waals surface area (Å²) < 4.78 is 11.2. The molecular weight excluding hydrogens is 318 g/mol. The zero-order chi connectivity index (χ0) is 17.0. The van der Waals surface area contributed by atoms with Crippen molar-refractivity contribution in [2.24, 2.45) is 10.2 Å². The van der Waals surface area contributed by atoms with E-state index in [4.69, 9.17) is 8.83 Å². The Bertz CT molecular complexity index is 1220. The van der Waals surface area contributed by atoms with Crippen molar-refractivity contribution in [3.8, 4) is 0 Å². The van der Waals surface area contributed by atoms with Crippen LogP contribution in [0, 0.1) is 0 Å². The Balaban J connectivity index is 1.78. The summed E-state index contributed by atoms with van der Waals surface area (Å²) in [5.74, 6) is 0.168. The highest BCUT2D eigenvalue weighted by molar-refractivity contribution is 6.15. The number of aromatic nitrogens is 1. The molecule has 1 aliphatic heterocycles. The van der Waals surface area contributed by atoms with Crippen LogP contribution in [-0.2, 0) is 6.42 Å². The Morgan fingerprint density at radius 1 is 1.04 bits per heavy atom. The first-order chi connectivity index (χ1) is 12.2. The molecule has 0 unspecified atom stereocenters. The average molecular weight is 331 g/mol. The molecule has 1 N–H and O–H groups in total. The molecule has 2 aromatic heterocycles. The Labute approximate surface area is 141 Å². The van der Waals surface area contributed by atoms with Crippen molar-refractivity contribution in [1.29, 1.82) is 0 Å². The Morgan fingerprint density at radius 2 is 1.92 bits per heavy atom. The van der Waals surface area contributed by atoms with Gasteiger partial charge in [-0.2, -0.15) is 5.10 Å². The number of furan rings is 1. The highest BCUT2D eigenvalue weighted by Gasteiger charge is 2.21. The van der Waals surface area contributed by atoms with Gasteiger partial charge in [0, 0.05) is 23.1 Å². The van der Waals surface area contributed by atoms with E-state index in [-0.39, 0.29) is 0 Å². The second-order valence-electron chi connectivity index (χ2n) is 6.13. The first kappa shape index (κ1) is 14.0. The SMILES string of the molecule is CC1=NN=C(c2cc3ccccc3o2)c2cc3oc(=O)[nH]c3cc2C1. The average Bonchev–Trinajstić information content (AvgIpc) is 3.12. The van der Waals surface area contributed by atoms with E-state index in [1.54, 1.807) is 0 Å². The maximum Gasteiger partial charge on any atom is 0.417 e. The minimum absolute atomic E-state index is 0.470. The number of H-pyrrole nitrogens is 1. The Kier molecular flexibility index (Phi) is 2.82. The maximum absolute atomic E-state index is 11.5. The van der Waals surface area contributed by atoms with Crippen molar-refractivity contribution in [2.45, 2.75) is 13.3 Å².